The first-order chi connectivity index (χ1) is 13.5. The molecule has 0 atom stereocenters. The van der Waals surface area contributed by atoms with Gasteiger partial charge in [0.2, 0.25) is 15.0 Å². The van der Waals surface area contributed by atoms with E-state index in [0.29, 0.717) is 23.0 Å². The van der Waals surface area contributed by atoms with Crippen LogP contribution in [-0.2, 0) is 16.3 Å². The minimum absolute atomic E-state index is 0.0821. The Labute approximate surface area is 161 Å². The molecule has 0 unspecified atom stereocenters. The lowest BCUT2D eigenvalue weighted by Gasteiger charge is -2.11. The molecular formula is C19H14N6O2S. The zero-order chi connectivity index (χ0) is 19.7. The van der Waals surface area contributed by atoms with Crippen molar-refractivity contribution in [1.29, 1.82) is 5.26 Å². The minimum Gasteiger partial charge on any atom is -0.278 e. The van der Waals surface area contributed by atoms with Crippen LogP contribution in [0.4, 0.5) is 0 Å². The average Bonchev–Trinajstić information content (AvgIpc) is 3.11. The molecule has 4 aromatic rings. The van der Waals surface area contributed by atoms with Crippen molar-refractivity contribution in [2.75, 3.05) is 6.26 Å². The van der Waals surface area contributed by atoms with Gasteiger partial charge in [-0.25, -0.2) is 28.4 Å². The number of sulfone groups is 1. The van der Waals surface area contributed by atoms with Crippen LogP contribution < -0.4 is 0 Å². The summed E-state index contributed by atoms with van der Waals surface area (Å²) in [6.07, 6.45) is 4.06. The van der Waals surface area contributed by atoms with Crippen LogP contribution in [-0.4, -0.2) is 39.2 Å². The Morgan fingerprint density at radius 1 is 1.07 bits per heavy atom. The average molecular weight is 390 g/mol. The van der Waals surface area contributed by atoms with E-state index in [1.54, 1.807) is 16.8 Å². The van der Waals surface area contributed by atoms with Gasteiger partial charge in [0.05, 0.1) is 29.9 Å². The van der Waals surface area contributed by atoms with Gasteiger partial charge in [0.15, 0.2) is 5.82 Å². The molecule has 3 heterocycles. The molecule has 1 aromatic carbocycles. The van der Waals surface area contributed by atoms with Gasteiger partial charge in [-0.3, -0.25) is 4.57 Å². The van der Waals surface area contributed by atoms with E-state index in [9.17, 15) is 8.42 Å². The molecule has 0 fully saturated rings. The lowest BCUT2D eigenvalue weighted by molar-refractivity contribution is 0.592. The van der Waals surface area contributed by atoms with Crippen LogP contribution in [0.5, 0.6) is 0 Å². The van der Waals surface area contributed by atoms with Crippen molar-refractivity contribution < 1.29 is 8.42 Å². The van der Waals surface area contributed by atoms with E-state index in [0.717, 1.165) is 17.2 Å². The quantitative estimate of drug-likeness (QED) is 0.491. The molecule has 4 rings (SSSR count). The van der Waals surface area contributed by atoms with E-state index in [-0.39, 0.29) is 11.6 Å². The maximum absolute atomic E-state index is 11.9. The second-order valence-electron chi connectivity index (χ2n) is 6.10. The number of benzene rings is 1. The first kappa shape index (κ1) is 17.8. The van der Waals surface area contributed by atoms with Crippen LogP contribution in [0.1, 0.15) is 5.69 Å². The molecule has 0 saturated carbocycles. The van der Waals surface area contributed by atoms with E-state index >= 15 is 0 Å². The number of para-hydroxylation sites is 1. The normalized spacial score (nSPS) is 11.4. The Morgan fingerprint density at radius 2 is 1.89 bits per heavy atom. The molecule has 138 valence electrons. The number of aromatic nitrogens is 5. The molecule has 0 aliphatic carbocycles. The third-order valence-corrected chi connectivity index (χ3v) is 4.96. The molecule has 0 radical (unpaired) electrons. The van der Waals surface area contributed by atoms with E-state index in [4.69, 9.17) is 5.26 Å². The minimum atomic E-state index is -3.58. The Bertz CT molecular complexity index is 1340. The van der Waals surface area contributed by atoms with Gasteiger partial charge in [-0.05, 0) is 18.2 Å². The second-order valence-corrected chi connectivity index (χ2v) is 8.01. The number of hydrogen-bond acceptors (Lipinski definition) is 7. The van der Waals surface area contributed by atoms with Crippen molar-refractivity contribution in [2.24, 2.45) is 0 Å². The number of imidazole rings is 1. The summed E-state index contributed by atoms with van der Waals surface area (Å²) < 4.78 is 25.3. The van der Waals surface area contributed by atoms with E-state index < -0.39 is 9.84 Å². The van der Waals surface area contributed by atoms with Crippen molar-refractivity contribution >= 4 is 20.7 Å². The fourth-order valence-electron chi connectivity index (χ4n) is 2.85. The second kappa shape index (κ2) is 6.83. The van der Waals surface area contributed by atoms with Crippen molar-refractivity contribution in [3.8, 4) is 23.4 Å². The summed E-state index contributed by atoms with van der Waals surface area (Å²) in [7, 11) is -3.58. The molecule has 0 aliphatic rings. The number of nitrogens with zero attached hydrogens (tertiary/aromatic N) is 6. The lowest BCUT2D eigenvalue weighted by atomic mass is 10.2. The SMILES string of the molecule is CS(=O)(=O)c1nccc(-n2c(CC#N)cnc2-c2ccc3ccccc3n2)n1. The standard InChI is InChI=1S/C19H14N6O2S/c1-28(26,27)19-21-11-9-17(24-19)25-14(8-10-20)12-22-18(25)16-7-6-13-4-2-3-5-15(13)23-16/h2-7,9,11-12H,8H2,1H3. The Hall–Kier alpha value is -3.64. The zero-order valence-corrected chi connectivity index (χ0v) is 15.6. The van der Waals surface area contributed by atoms with E-state index in [2.05, 4.69) is 26.0 Å². The van der Waals surface area contributed by atoms with Gasteiger partial charge in [-0.2, -0.15) is 5.26 Å². The van der Waals surface area contributed by atoms with E-state index in [1.807, 2.05) is 36.4 Å². The summed E-state index contributed by atoms with van der Waals surface area (Å²) in [6, 6.07) is 15.1. The van der Waals surface area contributed by atoms with Crippen LogP contribution >= 0.6 is 0 Å². The van der Waals surface area contributed by atoms with Crippen molar-refractivity contribution in [3.05, 3.63) is 60.6 Å². The van der Waals surface area contributed by atoms with Crippen molar-refractivity contribution in [2.45, 2.75) is 11.6 Å². The van der Waals surface area contributed by atoms with Gasteiger partial charge in [0, 0.05) is 17.8 Å². The molecule has 0 N–H and O–H groups in total. The van der Waals surface area contributed by atoms with Crippen LogP contribution in [0.3, 0.4) is 0 Å². The predicted octanol–water partition coefficient (Wildman–Crippen LogP) is 2.35. The Kier molecular flexibility index (Phi) is 4.33. The van der Waals surface area contributed by atoms with Gasteiger partial charge in [0.25, 0.3) is 0 Å². The van der Waals surface area contributed by atoms with Crippen LogP contribution in [0, 0.1) is 11.3 Å². The van der Waals surface area contributed by atoms with Gasteiger partial charge in [0.1, 0.15) is 11.5 Å². The van der Waals surface area contributed by atoms with E-state index in [1.165, 1.54) is 6.20 Å². The summed E-state index contributed by atoms with van der Waals surface area (Å²) >= 11 is 0. The van der Waals surface area contributed by atoms with Crippen molar-refractivity contribution in [1.82, 2.24) is 24.5 Å². The third kappa shape index (κ3) is 3.21. The maximum atomic E-state index is 11.9. The molecule has 8 nitrogen and oxygen atoms in total. The highest BCUT2D eigenvalue weighted by Gasteiger charge is 2.18. The molecule has 28 heavy (non-hydrogen) atoms. The summed E-state index contributed by atoms with van der Waals surface area (Å²) in [6.45, 7) is 0. The molecule has 0 amide bonds. The van der Waals surface area contributed by atoms with Gasteiger partial charge in [-0.1, -0.05) is 24.3 Å². The highest BCUT2D eigenvalue weighted by atomic mass is 32.2. The Morgan fingerprint density at radius 3 is 2.68 bits per heavy atom. The largest absolute Gasteiger partial charge is 0.278 e. The molecule has 0 spiro atoms. The monoisotopic (exact) mass is 390 g/mol. The van der Waals surface area contributed by atoms with Crippen molar-refractivity contribution in [3.63, 3.8) is 0 Å². The van der Waals surface area contributed by atoms with Gasteiger partial charge >= 0.3 is 0 Å². The number of pyridine rings is 1. The summed E-state index contributed by atoms with van der Waals surface area (Å²) in [5.41, 5.74) is 1.96. The number of hydrogen-bond donors (Lipinski definition) is 0. The number of fused-ring (bicyclic) bond motifs is 1. The first-order valence-corrected chi connectivity index (χ1v) is 10.2. The molecule has 3 aromatic heterocycles. The summed E-state index contributed by atoms with van der Waals surface area (Å²) in [5, 5.41) is 9.86. The fourth-order valence-corrected chi connectivity index (χ4v) is 3.37. The van der Waals surface area contributed by atoms with Gasteiger partial charge < -0.3 is 0 Å². The Balaban J connectivity index is 1.94. The maximum Gasteiger partial charge on any atom is 0.248 e. The first-order valence-electron chi connectivity index (χ1n) is 8.30. The number of nitriles is 1. The third-order valence-electron chi connectivity index (χ3n) is 4.10. The van der Waals surface area contributed by atoms with Gasteiger partial charge in [-0.15, -0.1) is 0 Å². The van der Waals surface area contributed by atoms with Crippen LogP contribution in [0.2, 0.25) is 0 Å². The summed E-state index contributed by atoms with van der Waals surface area (Å²) in [5.74, 6) is 0.775. The zero-order valence-electron chi connectivity index (χ0n) is 14.8. The lowest BCUT2D eigenvalue weighted by Crippen LogP contribution is -2.10. The van der Waals surface area contributed by atoms with Crippen LogP contribution in [0.15, 0.2) is 60.0 Å². The topological polar surface area (TPSA) is 114 Å². The molecule has 0 saturated heterocycles. The molecule has 0 aliphatic heterocycles. The highest BCUT2D eigenvalue weighted by molar-refractivity contribution is 7.90. The molecular weight excluding hydrogens is 376 g/mol. The molecule has 9 heteroatoms. The predicted molar refractivity (Wildman–Crippen MR) is 102 cm³/mol. The molecule has 0 bridgehead atoms. The van der Waals surface area contributed by atoms with Crippen LogP contribution in [0.25, 0.3) is 28.2 Å². The highest BCUT2D eigenvalue weighted by Crippen LogP contribution is 2.24. The fraction of sp³-hybridized carbons (Fsp3) is 0.105. The summed E-state index contributed by atoms with van der Waals surface area (Å²) in [4.78, 5) is 17.1. The smallest absolute Gasteiger partial charge is 0.248 e. The number of rotatable bonds is 4.